The van der Waals surface area contributed by atoms with Gasteiger partial charge in [-0.2, -0.15) is 8.78 Å². The number of carbonyl (C=O) groups is 1. The van der Waals surface area contributed by atoms with Crippen LogP contribution in [0.15, 0.2) is 33.9 Å². The van der Waals surface area contributed by atoms with Crippen molar-refractivity contribution in [2.24, 2.45) is 0 Å². The van der Waals surface area contributed by atoms with Gasteiger partial charge in [0.05, 0.1) is 18.6 Å². The molecule has 0 saturated heterocycles. The molecule has 0 radical (unpaired) electrons. The Kier molecular flexibility index (Phi) is 3.28. The number of rotatable bonds is 2. The minimum atomic E-state index is -3.97. The minimum absolute atomic E-state index is 0.00579. The number of esters is 1. The van der Waals surface area contributed by atoms with Gasteiger partial charge < -0.3 is 9.47 Å². The van der Waals surface area contributed by atoms with Crippen LogP contribution in [0.1, 0.15) is 17.0 Å². The number of benzene rings is 1. The smallest absolute Gasteiger partial charge is 0.384 e. The molecular formula is C14H10F2N2O5. The molecule has 2 N–H and O–H groups in total. The number of hydrogen-bond acceptors (Lipinski definition) is 5. The van der Waals surface area contributed by atoms with E-state index >= 15 is 0 Å². The Morgan fingerprint density at radius 3 is 2.39 bits per heavy atom. The van der Waals surface area contributed by atoms with Crippen molar-refractivity contribution in [3.05, 3.63) is 56.2 Å². The first-order chi connectivity index (χ1) is 10.8. The summed E-state index contributed by atoms with van der Waals surface area (Å²) < 4.78 is 38.0. The fraction of sp³-hybridized carbons (Fsp3) is 0.214. The lowest BCUT2D eigenvalue weighted by Gasteiger charge is -2.30. The molecule has 1 aromatic carbocycles. The molecule has 2 heterocycles. The fourth-order valence-corrected chi connectivity index (χ4v) is 2.45. The van der Waals surface area contributed by atoms with Crippen LogP contribution in [-0.4, -0.2) is 29.0 Å². The van der Waals surface area contributed by atoms with Crippen LogP contribution in [-0.2, 0) is 4.79 Å². The predicted octanol–water partition coefficient (Wildman–Crippen LogP) is 0.758. The summed E-state index contributed by atoms with van der Waals surface area (Å²) in [5.41, 5.74) is -2.51. The Hall–Kier alpha value is -2.97. The molecule has 0 spiro atoms. The Balaban J connectivity index is 2.26. The molecule has 23 heavy (non-hydrogen) atoms. The van der Waals surface area contributed by atoms with Gasteiger partial charge in [0.1, 0.15) is 5.75 Å². The van der Waals surface area contributed by atoms with E-state index in [4.69, 9.17) is 4.74 Å². The molecular weight excluding hydrogens is 314 g/mol. The number of fused-ring (bicyclic) bond motifs is 1. The van der Waals surface area contributed by atoms with Gasteiger partial charge in [0.25, 0.3) is 5.56 Å². The van der Waals surface area contributed by atoms with Crippen molar-refractivity contribution < 1.29 is 23.0 Å². The molecule has 1 aliphatic rings. The van der Waals surface area contributed by atoms with Gasteiger partial charge in [-0.3, -0.25) is 14.8 Å². The van der Waals surface area contributed by atoms with E-state index in [1.54, 1.807) is 0 Å². The largest absolute Gasteiger partial charge is 0.497 e. The van der Waals surface area contributed by atoms with E-state index in [-0.39, 0.29) is 5.56 Å². The highest BCUT2D eigenvalue weighted by Gasteiger charge is 2.56. The van der Waals surface area contributed by atoms with Crippen molar-refractivity contribution in [3.63, 3.8) is 0 Å². The molecule has 0 aliphatic carbocycles. The zero-order chi connectivity index (χ0) is 16.8. The van der Waals surface area contributed by atoms with Gasteiger partial charge in [-0.1, -0.05) is 12.1 Å². The van der Waals surface area contributed by atoms with E-state index in [2.05, 4.69) is 4.74 Å². The SMILES string of the molecule is COc1ccc(C2c3c([nH]c(=O)[nH]c3=O)OC(=O)C2(F)F)cc1. The number of ether oxygens (including phenoxy) is 2. The van der Waals surface area contributed by atoms with Gasteiger partial charge in [-0.25, -0.2) is 9.59 Å². The van der Waals surface area contributed by atoms with Gasteiger partial charge in [0.15, 0.2) is 0 Å². The van der Waals surface area contributed by atoms with Gasteiger partial charge in [0.2, 0.25) is 5.88 Å². The second-order valence-corrected chi connectivity index (χ2v) is 4.87. The minimum Gasteiger partial charge on any atom is -0.497 e. The highest BCUT2D eigenvalue weighted by molar-refractivity contribution is 5.84. The van der Waals surface area contributed by atoms with Gasteiger partial charge in [-0.05, 0) is 17.7 Å². The van der Waals surface area contributed by atoms with Crippen molar-refractivity contribution in [2.45, 2.75) is 11.8 Å². The van der Waals surface area contributed by atoms with Gasteiger partial charge in [0, 0.05) is 0 Å². The number of methoxy groups -OCH3 is 1. The third-order valence-corrected chi connectivity index (χ3v) is 3.51. The van der Waals surface area contributed by atoms with E-state index in [1.165, 1.54) is 31.4 Å². The molecule has 0 bridgehead atoms. The predicted molar refractivity (Wildman–Crippen MR) is 73.1 cm³/mol. The number of nitrogens with one attached hydrogen (secondary N) is 2. The summed E-state index contributed by atoms with van der Waals surface area (Å²) in [6.07, 6.45) is 0. The fourth-order valence-electron chi connectivity index (χ4n) is 2.45. The van der Waals surface area contributed by atoms with Crippen LogP contribution in [0, 0.1) is 0 Å². The van der Waals surface area contributed by atoms with Crippen molar-refractivity contribution in [1.29, 1.82) is 0 Å². The molecule has 0 saturated carbocycles. The van der Waals surface area contributed by atoms with Crippen molar-refractivity contribution in [1.82, 2.24) is 9.97 Å². The molecule has 7 nitrogen and oxygen atoms in total. The molecule has 3 rings (SSSR count). The number of alkyl halides is 2. The number of H-pyrrole nitrogens is 2. The molecule has 1 aliphatic heterocycles. The third kappa shape index (κ3) is 2.30. The van der Waals surface area contributed by atoms with Crippen molar-refractivity contribution in [3.8, 4) is 11.6 Å². The number of halogens is 2. The first-order valence-electron chi connectivity index (χ1n) is 6.45. The summed E-state index contributed by atoms with van der Waals surface area (Å²) in [5.74, 6) is -7.84. The number of hydrogen-bond donors (Lipinski definition) is 2. The Labute approximate surface area is 126 Å². The number of aromatic nitrogens is 2. The molecule has 0 fully saturated rings. The monoisotopic (exact) mass is 324 g/mol. The average Bonchev–Trinajstić information content (AvgIpc) is 2.49. The maximum atomic E-state index is 14.3. The highest BCUT2D eigenvalue weighted by Crippen LogP contribution is 2.44. The summed E-state index contributed by atoms with van der Waals surface area (Å²) in [5, 5.41) is 0. The topological polar surface area (TPSA) is 101 Å². The van der Waals surface area contributed by atoms with E-state index in [1.807, 2.05) is 9.97 Å². The van der Waals surface area contributed by atoms with Crippen LogP contribution in [0.5, 0.6) is 11.6 Å². The molecule has 1 unspecified atom stereocenters. The van der Waals surface area contributed by atoms with Crippen LogP contribution in [0.25, 0.3) is 0 Å². The third-order valence-electron chi connectivity index (χ3n) is 3.51. The van der Waals surface area contributed by atoms with E-state index in [0.717, 1.165) is 0 Å². The molecule has 9 heteroatoms. The maximum absolute atomic E-state index is 14.3. The first kappa shape index (κ1) is 14.9. The van der Waals surface area contributed by atoms with Crippen molar-refractivity contribution in [2.75, 3.05) is 7.11 Å². The van der Waals surface area contributed by atoms with E-state index in [9.17, 15) is 23.2 Å². The summed E-state index contributed by atoms with van der Waals surface area (Å²) in [6.45, 7) is 0. The molecule has 1 aromatic heterocycles. The molecule has 2 aromatic rings. The lowest BCUT2D eigenvalue weighted by Crippen LogP contribution is -2.47. The number of carbonyl (C=O) groups excluding carboxylic acids is 1. The van der Waals surface area contributed by atoms with E-state index < -0.39 is 40.5 Å². The highest BCUT2D eigenvalue weighted by atomic mass is 19.3. The van der Waals surface area contributed by atoms with E-state index in [0.29, 0.717) is 5.75 Å². The lowest BCUT2D eigenvalue weighted by atomic mass is 9.85. The molecule has 120 valence electrons. The summed E-state index contributed by atoms with van der Waals surface area (Å²) >= 11 is 0. The zero-order valence-corrected chi connectivity index (χ0v) is 11.7. The maximum Gasteiger partial charge on any atom is 0.384 e. The normalized spacial score (nSPS) is 18.9. The Morgan fingerprint density at radius 2 is 1.78 bits per heavy atom. The van der Waals surface area contributed by atoms with Crippen LogP contribution >= 0.6 is 0 Å². The average molecular weight is 324 g/mol. The quantitative estimate of drug-likeness (QED) is 0.794. The molecule has 1 atom stereocenters. The van der Waals surface area contributed by atoms with Crippen LogP contribution < -0.4 is 20.7 Å². The van der Waals surface area contributed by atoms with Crippen molar-refractivity contribution >= 4 is 5.97 Å². The molecule has 0 amide bonds. The lowest BCUT2D eigenvalue weighted by molar-refractivity contribution is -0.167. The number of aromatic amines is 2. The van der Waals surface area contributed by atoms with Gasteiger partial charge in [-0.15, -0.1) is 0 Å². The van der Waals surface area contributed by atoms with Crippen LogP contribution in [0.4, 0.5) is 8.78 Å². The second-order valence-electron chi connectivity index (χ2n) is 4.87. The van der Waals surface area contributed by atoms with Crippen LogP contribution in [0.2, 0.25) is 0 Å². The van der Waals surface area contributed by atoms with Gasteiger partial charge >= 0.3 is 17.6 Å². The second kappa shape index (κ2) is 5.04. The Bertz CT molecular complexity index is 885. The standard InChI is InChI=1S/C14H10F2N2O5/c1-22-7-4-2-6(3-5-7)9-8-10(19)17-13(21)18-11(8)23-12(20)14(9,15)16/h2-5,9H,1H3,(H2,17,18,19,21). The Morgan fingerprint density at radius 1 is 1.13 bits per heavy atom. The first-order valence-corrected chi connectivity index (χ1v) is 6.45. The van der Waals surface area contributed by atoms with Crippen LogP contribution in [0.3, 0.4) is 0 Å². The summed E-state index contributed by atoms with van der Waals surface area (Å²) in [6, 6.07) is 5.46. The zero-order valence-electron chi connectivity index (χ0n) is 11.7. The summed E-state index contributed by atoms with van der Waals surface area (Å²) in [7, 11) is 1.41. The summed E-state index contributed by atoms with van der Waals surface area (Å²) in [4.78, 5) is 38.7.